The van der Waals surface area contributed by atoms with Crippen LogP contribution in [0.1, 0.15) is 39.2 Å². The predicted octanol–water partition coefficient (Wildman–Crippen LogP) is 4.82. The molecule has 1 atom stereocenters. The second kappa shape index (κ2) is 6.52. The van der Waals surface area contributed by atoms with Crippen molar-refractivity contribution < 1.29 is 9.53 Å². The molecule has 3 rings (SSSR count). The summed E-state index contributed by atoms with van der Waals surface area (Å²) in [6.45, 7) is 6.82. The van der Waals surface area contributed by atoms with Gasteiger partial charge < -0.3 is 9.64 Å². The number of aromatic nitrogens is 1. The number of nitrogens with zero attached hydrogens (tertiary/aromatic N) is 2. The summed E-state index contributed by atoms with van der Waals surface area (Å²) in [5.74, 6) is 0. The summed E-state index contributed by atoms with van der Waals surface area (Å²) in [5.41, 5.74) is 1.61. The van der Waals surface area contributed by atoms with Crippen LogP contribution in [0.2, 0.25) is 0 Å². The number of likely N-dealkylation sites (N-methyl/N-ethyl adjacent to an activating group) is 1. The summed E-state index contributed by atoms with van der Waals surface area (Å²) in [4.78, 5) is 15.0. The Morgan fingerprint density at radius 2 is 2.12 bits per heavy atom. The summed E-state index contributed by atoms with van der Waals surface area (Å²) < 4.78 is 8.24. The van der Waals surface area contributed by atoms with Crippen molar-refractivity contribution in [3.63, 3.8) is 0 Å². The zero-order valence-corrected chi connectivity index (χ0v) is 16.4. The zero-order chi connectivity index (χ0) is 17.5. The molecule has 0 spiro atoms. The van der Waals surface area contributed by atoms with E-state index in [2.05, 4.69) is 33.9 Å². The van der Waals surface area contributed by atoms with Crippen molar-refractivity contribution in [2.75, 3.05) is 13.6 Å². The summed E-state index contributed by atoms with van der Waals surface area (Å²) in [5, 5.41) is 1.12. The van der Waals surface area contributed by atoms with E-state index in [1.54, 1.807) is 4.57 Å². The zero-order valence-electron chi connectivity index (χ0n) is 14.8. The maximum Gasteiger partial charge on any atom is 0.419 e. The summed E-state index contributed by atoms with van der Waals surface area (Å²) in [7, 11) is 2.18. The third-order valence-corrected chi connectivity index (χ3v) is 5.06. The Kier molecular flexibility index (Phi) is 4.76. The van der Waals surface area contributed by atoms with Gasteiger partial charge in [-0.05, 0) is 77.4 Å². The average Bonchev–Trinajstić information content (AvgIpc) is 3.02. The molecule has 0 unspecified atom stereocenters. The molecule has 1 fully saturated rings. The first kappa shape index (κ1) is 17.5. The number of carbonyl (C=O) groups is 1. The molecule has 5 heteroatoms. The number of benzene rings is 1. The van der Waals surface area contributed by atoms with Crippen LogP contribution in [-0.4, -0.2) is 40.8 Å². The van der Waals surface area contributed by atoms with Crippen LogP contribution < -0.4 is 0 Å². The third-order valence-electron chi connectivity index (χ3n) is 4.57. The highest BCUT2D eigenvalue weighted by Gasteiger charge is 2.25. The molecule has 2 aromatic rings. The minimum atomic E-state index is -0.505. The Hall–Kier alpha value is -1.33. The van der Waals surface area contributed by atoms with Gasteiger partial charge in [0.2, 0.25) is 0 Å². The highest BCUT2D eigenvalue weighted by Crippen LogP contribution is 2.29. The first-order valence-corrected chi connectivity index (χ1v) is 9.27. The number of hydrogen-bond acceptors (Lipinski definition) is 3. The second-order valence-electron chi connectivity index (χ2n) is 7.65. The van der Waals surface area contributed by atoms with Gasteiger partial charge in [-0.15, -0.1) is 0 Å². The number of halogens is 1. The Bertz CT molecular complexity index is 761. The van der Waals surface area contributed by atoms with Crippen LogP contribution in [0.5, 0.6) is 0 Å². The van der Waals surface area contributed by atoms with E-state index in [-0.39, 0.29) is 6.09 Å². The van der Waals surface area contributed by atoms with Gasteiger partial charge in [-0.3, -0.25) is 4.57 Å². The molecule has 1 aliphatic heterocycles. The normalized spacial score (nSPS) is 19.1. The van der Waals surface area contributed by atoms with Gasteiger partial charge in [-0.25, -0.2) is 4.79 Å². The van der Waals surface area contributed by atoms with E-state index in [1.807, 2.05) is 39.1 Å². The van der Waals surface area contributed by atoms with Gasteiger partial charge in [0, 0.05) is 22.1 Å². The molecular weight excluding hydrogens is 368 g/mol. The number of ether oxygens (including phenoxy) is 1. The van der Waals surface area contributed by atoms with E-state index in [0.29, 0.717) is 6.04 Å². The van der Waals surface area contributed by atoms with Crippen LogP contribution in [-0.2, 0) is 11.2 Å². The van der Waals surface area contributed by atoms with Gasteiger partial charge in [0.1, 0.15) is 5.60 Å². The maximum atomic E-state index is 12.6. The lowest BCUT2D eigenvalue weighted by atomic mass is 10.0. The third kappa shape index (κ3) is 3.67. The summed E-state index contributed by atoms with van der Waals surface area (Å²) in [6.07, 6.45) is 5.05. The Morgan fingerprint density at radius 3 is 2.75 bits per heavy atom. The second-order valence-corrected chi connectivity index (χ2v) is 8.56. The van der Waals surface area contributed by atoms with Crippen molar-refractivity contribution >= 4 is 32.9 Å². The minimum absolute atomic E-state index is 0.319. The van der Waals surface area contributed by atoms with Gasteiger partial charge in [0.25, 0.3) is 0 Å². The topological polar surface area (TPSA) is 34.5 Å². The van der Waals surface area contributed by atoms with Crippen LogP contribution in [0.3, 0.4) is 0 Å². The fourth-order valence-electron chi connectivity index (χ4n) is 3.39. The van der Waals surface area contributed by atoms with Gasteiger partial charge in [-0.1, -0.05) is 15.9 Å². The molecule has 24 heavy (non-hydrogen) atoms. The summed E-state index contributed by atoms with van der Waals surface area (Å²) in [6, 6.07) is 6.59. The van der Waals surface area contributed by atoms with E-state index in [0.717, 1.165) is 28.3 Å². The molecule has 1 saturated heterocycles. The van der Waals surface area contributed by atoms with Crippen LogP contribution in [0.4, 0.5) is 4.79 Å². The minimum Gasteiger partial charge on any atom is -0.443 e. The number of carbonyl (C=O) groups excluding carboxylic acids is 1. The van der Waals surface area contributed by atoms with Crippen LogP contribution >= 0.6 is 15.9 Å². The highest BCUT2D eigenvalue weighted by atomic mass is 79.9. The van der Waals surface area contributed by atoms with Crippen molar-refractivity contribution in [3.05, 3.63) is 34.4 Å². The predicted molar refractivity (Wildman–Crippen MR) is 101 cm³/mol. The fraction of sp³-hybridized carbons (Fsp3) is 0.526. The SMILES string of the molecule is CN1CCC[C@@H]1Cc1cn(C(=O)OC(C)(C)C)c2ccc(Br)cc12. The molecule has 4 nitrogen and oxygen atoms in total. The lowest BCUT2D eigenvalue weighted by Crippen LogP contribution is -2.27. The Morgan fingerprint density at radius 1 is 1.38 bits per heavy atom. The van der Waals surface area contributed by atoms with Gasteiger partial charge >= 0.3 is 6.09 Å². The van der Waals surface area contributed by atoms with Crippen molar-refractivity contribution in [2.45, 2.75) is 51.7 Å². The smallest absolute Gasteiger partial charge is 0.419 e. The number of fused-ring (bicyclic) bond motifs is 1. The van der Waals surface area contributed by atoms with E-state index in [1.165, 1.54) is 18.4 Å². The lowest BCUT2D eigenvalue weighted by molar-refractivity contribution is 0.0544. The highest BCUT2D eigenvalue weighted by molar-refractivity contribution is 9.10. The van der Waals surface area contributed by atoms with Gasteiger partial charge in [0.05, 0.1) is 5.52 Å². The van der Waals surface area contributed by atoms with Gasteiger partial charge in [-0.2, -0.15) is 0 Å². The van der Waals surface area contributed by atoms with E-state index < -0.39 is 5.60 Å². The first-order valence-electron chi connectivity index (χ1n) is 8.48. The van der Waals surface area contributed by atoms with Crippen LogP contribution in [0, 0.1) is 0 Å². The van der Waals surface area contributed by atoms with Crippen molar-refractivity contribution in [2.24, 2.45) is 0 Å². The first-order chi connectivity index (χ1) is 11.2. The van der Waals surface area contributed by atoms with E-state index in [9.17, 15) is 4.79 Å². The standard InChI is InChI=1S/C19H25BrN2O2/c1-19(2,3)24-18(23)22-12-13(10-15-6-5-9-21(15)4)16-11-14(20)7-8-17(16)22/h7-8,11-12,15H,5-6,9-10H2,1-4H3/t15-/m1/s1. The Balaban J connectivity index is 1.99. The Labute approximate surface area is 151 Å². The maximum absolute atomic E-state index is 12.6. The van der Waals surface area contributed by atoms with Gasteiger partial charge in [0.15, 0.2) is 0 Å². The van der Waals surface area contributed by atoms with Crippen molar-refractivity contribution in [1.82, 2.24) is 9.47 Å². The molecule has 0 aliphatic carbocycles. The molecule has 130 valence electrons. The molecule has 0 N–H and O–H groups in total. The quantitative estimate of drug-likeness (QED) is 0.734. The number of likely N-dealkylation sites (tertiary alicyclic amines) is 1. The lowest BCUT2D eigenvalue weighted by Gasteiger charge is -2.20. The number of rotatable bonds is 2. The molecule has 1 aliphatic rings. The fourth-order valence-corrected chi connectivity index (χ4v) is 3.75. The average molecular weight is 393 g/mol. The van der Waals surface area contributed by atoms with Crippen LogP contribution in [0.15, 0.2) is 28.9 Å². The van der Waals surface area contributed by atoms with Crippen molar-refractivity contribution in [3.8, 4) is 0 Å². The molecule has 2 heterocycles. The molecule has 0 saturated carbocycles. The van der Waals surface area contributed by atoms with E-state index >= 15 is 0 Å². The molecule has 0 amide bonds. The summed E-state index contributed by atoms with van der Waals surface area (Å²) >= 11 is 3.55. The molecule has 1 aromatic carbocycles. The molecular formula is C19H25BrN2O2. The molecule has 0 bridgehead atoms. The van der Waals surface area contributed by atoms with Crippen molar-refractivity contribution in [1.29, 1.82) is 0 Å². The van der Waals surface area contributed by atoms with E-state index in [4.69, 9.17) is 4.74 Å². The largest absolute Gasteiger partial charge is 0.443 e. The number of hydrogen-bond donors (Lipinski definition) is 0. The molecule has 1 aromatic heterocycles. The molecule has 0 radical (unpaired) electrons. The monoisotopic (exact) mass is 392 g/mol. The van der Waals surface area contributed by atoms with Crippen LogP contribution in [0.25, 0.3) is 10.9 Å².